The summed E-state index contributed by atoms with van der Waals surface area (Å²) in [5.74, 6) is -0.347. The van der Waals surface area contributed by atoms with Crippen molar-refractivity contribution in [1.29, 1.82) is 0 Å². The van der Waals surface area contributed by atoms with Gasteiger partial charge in [0.1, 0.15) is 5.71 Å². The zero-order valence-electron chi connectivity index (χ0n) is 9.53. The Hall–Kier alpha value is -1.21. The van der Waals surface area contributed by atoms with Crippen molar-refractivity contribution in [3.05, 3.63) is 20.8 Å². The minimum Gasteiger partial charge on any atom is -0.351 e. The van der Waals surface area contributed by atoms with Crippen molar-refractivity contribution in [2.75, 3.05) is 6.54 Å². The normalized spacial score (nSPS) is 14.9. The fourth-order valence-electron chi connectivity index (χ4n) is 1.53. The molecule has 5 nitrogen and oxygen atoms in total. The third kappa shape index (κ3) is 3.64. The summed E-state index contributed by atoms with van der Waals surface area (Å²) >= 11 is 5.05. The summed E-state index contributed by atoms with van der Waals surface area (Å²) in [5.41, 5.74) is 2.70. The third-order valence-electron chi connectivity index (χ3n) is 2.45. The Morgan fingerprint density at radius 3 is 2.94 bits per heavy atom. The molecule has 2 amide bonds. The maximum Gasteiger partial charge on any atom is 0.267 e. The maximum atomic E-state index is 11.7. The Morgan fingerprint density at radius 2 is 2.33 bits per heavy atom. The van der Waals surface area contributed by atoms with E-state index in [1.807, 2.05) is 12.1 Å². The highest BCUT2D eigenvalue weighted by atomic mass is 79.9. The van der Waals surface area contributed by atoms with Crippen LogP contribution in [0, 0.1) is 0 Å². The Bertz CT molecular complexity index is 498. The second-order valence-corrected chi connectivity index (χ2v) is 6.35. The summed E-state index contributed by atoms with van der Waals surface area (Å²) in [5, 5.41) is 6.54. The molecule has 2 heterocycles. The molecule has 0 aliphatic carbocycles. The van der Waals surface area contributed by atoms with Gasteiger partial charge in [0.05, 0.1) is 3.79 Å². The molecule has 18 heavy (non-hydrogen) atoms. The number of nitrogens with zero attached hydrogens (tertiary/aromatic N) is 1. The summed E-state index contributed by atoms with van der Waals surface area (Å²) < 4.78 is 1.09. The molecule has 0 saturated carbocycles. The molecule has 0 atom stereocenters. The molecule has 1 aromatic rings. The van der Waals surface area contributed by atoms with Crippen LogP contribution in [0.25, 0.3) is 0 Å². The SMILES string of the molecule is O=C1CCC(C(=O)NCCc2ccc(Br)s2)=NN1. The van der Waals surface area contributed by atoms with Crippen molar-refractivity contribution in [2.45, 2.75) is 19.3 Å². The number of hydrogen-bond acceptors (Lipinski definition) is 4. The second kappa shape index (κ2) is 6.10. The van der Waals surface area contributed by atoms with Gasteiger partial charge < -0.3 is 5.32 Å². The molecular weight excluding hydrogens is 318 g/mol. The first-order valence-corrected chi connectivity index (χ1v) is 7.14. The van der Waals surface area contributed by atoms with Crippen molar-refractivity contribution < 1.29 is 9.59 Å². The number of amides is 2. The first-order chi connectivity index (χ1) is 8.65. The van der Waals surface area contributed by atoms with Gasteiger partial charge in [-0.05, 0) is 34.5 Å². The highest BCUT2D eigenvalue weighted by Crippen LogP contribution is 2.21. The van der Waals surface area contributed by atoms with Gasteiger partial charge in [-0.3, -0.25) is 9.59 Å². The molecule has 0 saturated heterocycles. The number of carbonyl (C=O) groups excluding carboxylic acids is 2. The Morgan fingerprint density at radius 1 is 1.50 bits per heavy atom. The first kappa shape index (κ1) is 13.2. The molecule has 0 unspecified atom stereocenters. The lowest BCUT2D eigenvalue weighted by Gasteiger charge is -2.11. The van der Waals surface area contributed by atoms with Crippen molar-refractivity contribution >= 4 is 44.8 Å². The average Bonchev–Trinajstić information content (AvgIpc) is 2.76. The van der Waals surface area contributed by atoms with Gasteiger partial charge in [-0.1, -0.05) is 0 Å². The van der Waals surface area contributed by atoms with Crippen molar-refractivity contribution in [3.63, 3.8) is 0 Å². The van der Waals surface area contributed by atoms with Crippen LogP contribution in [0.4, 0.5) is 0 Å². The van der Waals surface area contributed by atoms with E-state index in [-0.39, 0.29) is 11.8 Å². The number of thiophene rings is 1. The fraction of sp³-hybridized carbons (Fsp3) is 0.364. The van der Waals surface area contributed by atoms with Gasteiger partial charge >= 0.3 is 0 Å². The van der Waals surface area contributed by atoms with Gasteiger partial charge in [0.15, 0.2) is 0 Å². The molecule has 0 aromatic carbocycles. The molecule has 7 heteroatoms. The molecule has 1 aliphatic heterocycles. The zero-order chi connectivity index (χ0) is 13.0. The van der Waals surface area contributed by atoms with E-state index in [1.165, 1.54) is 4.88 Å². The van der Waals surface area contributed by atoms with Crippen LogP contribution in [-0.4, -0.2) is 24.1 Å². The minimum absolute atomic E-state index is 0.144. The van der Waals surface area contributed by atoms with E-state index in [2.05, 4.69) is 31.8 Å². The summed E-state index contributed by atoms with van der Waals surface area (Å²) in [6, 6.07) is 4.02. The maximum absolute atomic E-state index is 11.7. The largest absolute Gasteiger partial charge is 0.351 e. The number of hydrazone groups is 1. The average molecular weight is 330 g/mol. The molecule has 0 spiro atoms. The third-order valence-corrected chi connectivity index (χ3v) is 4.14. The van der Waals surface area contributed by atoms with Crippen LogP contribution in [0.3, 0.4) is 0 Å². The van der Waals surface area contributed by atoms with E-state index in [9.17, 15) is 9.59 Å². The monoisotopic (exact) mass is 329 g/mol. The Labute approximate surface area is 117 Å². The van der Waals surface area contributed by atoms with Crippen LogP contribution in [0.1, 0.15) is 17.7 Å². The van der Waals surface area contributed by atoms with Crippen molar-refractivity contribution in [3.8, 4) is 0 Å². The standard InChI is InChI=1S/C11H12BrN3O2S/c12-9-3-1-7(18-9)5-6-13-11(17)8-2-4-10(16)15-14-8/h1,3H,2,4-6H2,(H,13,17)(H,15,16). The van der Waals surface area contributed by atoms with Crippen LogP contribution < -0.4 is 10.7 Å². The van der Waals surface area contributed by atoms with Crippen LogP contribution in [0.2, 0.25) is 0 Å². The van der Waals surface area contributed by atoms with Crippen LogP contribution in [0.15, 0.2) is 21.0 Å². The number of rotatable bonds is 4. The molecule has 0 radical (unpaired) electrons. The van der Waals surface area contributed by atoms with Crippen LogP contribution in [0.5, 0.6) is 0 Å². The molecule has 96 valence electrons. The predicted octanol–water partition coefficient (Wildman–Crippen LogP) is 1.44. The topological polar surface area (TPSA) is 70.6 Å². The molecule has 2 N–H and O–H groups in total. The van der Waals surface area contributed by atoms with E-state index in [4.69, 9.17) is 0 Å². The summed E-state index contributed by atoms with van der Waals surface area (Å²) in [4.78, 5) is 23.8. The molecular formula is C11H12BrN3O2S. The highest BCUT2D eigenvalue weighted by molar-refractivity contribution is 9.11. The Balaban J connectivity index is 1.77. The summed E-state index contributed by atoms with van der Waals surface area (Å²) in [6.07, 6.45) is 1.52. The van der Waals surface area contributed by atoms with Gasteiger partial charge in [-0.25, -0.2) is 5.43 Å². The Kier molecular flexibility index (Phi) is 4.48. The van der Waals surface area contributed by atoms with Gasteiger partial charge in [-0.2, -0.15) is 5.10 Å². The van der Waals surface area contributed by atoms with E-state index in [1.54, 1.807) is 11.3 Å². The molecule has 0 bridgehead atoms. The van der Waals surface area contributed by atoms with Crippen molar-refractivity contribution in [1.82, 2.24) is 10.7 Å². The second-order valence-electron chi connectivity index (χ2n) is 3.81. The molecule has 2 rings (SSSR count). The minimum atomic E-state index is -0.203. The lowest BCUT2D eigenvalue weighted by atomic mass is 10.1. The fourth-order valence-corrected chi connectivity index (χ4v) is 3.01. The van der Waals surface area contributed by atoms with E-state index < -0.39 is 0 Å². The van der Waals surface area contributed by atoms with E-state index in [0.29, 0.717) is 25.1 Å². The highest BCUT2D eigenvalue weighted by Gasteiger charge is 2.17. The van der Waals surface area contributed by atoms with Gasteiger partial charge in [0, 0.05) is 24.3 Å². The zero-order valence-corrected chi connectivity index (χ0v) is 11.9. The number of halogens is 1. The lowest BCUT2D eigenvalue weighted by molar-refractivity contribution is -0.121. The smallest absolute Gasteiger partial charge is 0.267 e. The van der Waals surface area contributed by atoms with E-state index in [0.717, 1.165) is 10.2 Å². The number of carbonyl (C=O) groups is 2. The predicted molar refractivity (Wildman–Crippen MR) is 73.5 cm³/mol. The van der Waals surface area contributed by atoms with E-state index >= 15 is 0 Å². The summed E-state index contributed by atoms with van der Waals surface area (Å²) in [6.45, 7) is 0.568. The molecule has 1 aliphatic rings. The number of hydrogen-bond donors (Lipinski definition) is 2. The van der Waals surface area contributed by atoms with Gasteiger partial charge in [0.25, 0.3) is 5.91 Å². The lowest BCUT2D eigenvalue weighted by Crippen LogP contribution is -2.37. The van der Waals surface area contributed by atoms with Crippen molar-refractivity contribution in [2.24, 2.45) is 5.10 Å². The van der Waals surface area contributed by atoms with Gasteiger partial charge in [0.2, 0.25) is 5.91 Å². The quantitative estimate of drug-likeness (QED) is 0.877. The first-order valence-electron chi connectivity index (χ1n) is 5.53. The van der Waals surface area contributed by atoms with Gasteiger partial charge in [-0.15, -0.1) is 11.3 Å². The molecule has 1 aromatic heterocycles. The number of nitrogens with one attached hydrogen (secondary N) is 2. The van der Waals surface area contributed by atoms with Crippen LogP contribution >= 0.6 is 27.3 Å². The van der Waals surface area contributed by atoms with Crippen LogP contribution in [-0.2, 0) is 16.0 Å². The summed E-state index contributed by atoms with van der Waals surface area (Å²) in [7, 11) is 0. The molecule has 0 fully saturated rings.